The molecule has 3 heterocycles. The molecule has 6 nitrogen and oxygen atoms in total. The maximum atomic E-state index is 12.9. The summed E-state index contributed by atoms with van der Waals surface area (Å²) in [5.74, 6) is -0.0562. The first-order valence-electron chi connectivity index (χ1n) is 12.9. The lowest BCUT2D eigenvalue weighted by atomic mass is 9.98. The average Bonchev–Trinajstić information content (AvgIpc) is 3.63. The van der Waals surface area contributed by atoms with Gasteiger partial charge in [-0.25, -0.2) is 9.97 Å². The van der Waals surface area contributed by atoms with E-state index in [0.29, 0.717) is 22.5 Å². The number of aromatic nitrogens is 2. The number of piperazine rings is 1. The van der Waals surface area contributed by atoms with Crippen LogP contribution in [0.3, 0.4) is 0 Å². The van der Waals surface area contributed by atoms with E-state index < -0.39 is 0 Å². The highest BCUT2D eigenvalue weighted by molar-refractivity contribution is 7.10. The minimum Gasteiger partial charge on any atom is -0.368 e. The second-order valence-corrected chi connectivity index (χ2v) is 12.3. The van der Waals surface area contributed by atoms with E-state index in [9.17, 15) is 9.59 Å². The Labute approximate surface area is 232 Å². The second kappa shape index (κ2) is 10.8. The fraction of sp³-hybridized carbons (Fsp3) is 0.333. The number of anilines is 2. The third-order valence-corrected chi connectivity index (χ3v) is 9.00. The van der Waals surface area contributed by atoms with E-state index in [1.165, 1.54) is 11.3 Å². The van der Waals surface area contributed by atoms with Crippen molar-refractivity contribution in [2.75, 3.05) is 36.0 Å². The van der Waals surface area contributed by atoms with Crippen molar-refractivity contribution in [3.63, 3.8) is 0 Å². The molecule has 1 aliphatic rings. The Bertz CT molecular complexity index is 1420. The van der Waals surface area contributed by atoms with Crippen LogP contribution in [0.5, 0.6) is 0 Å². The summed E-state index contributed by atoms with van der Waals surface area (Å²) >= 11 is 3.08. The lowest BCUT2D eigenvalue weighted by Gasteiger charge is -2.37. The molecular weight excluding hydrogens is 512 g/mol. The molecule has 8 heteroatoms. The van der Waals surface area contributed by atoms with E-state index in [2.05, 4.69) is 40.5 Å². The number of aryl methyl sites for hydroxylation is 1. The van der Waals surface area contributed by atoms with Gasteiger partial charge in [-0.05, 0) is 55.0 Å². The molecule has 0 radical (unpaired) electrons. The van der Waals surface area contributed by atoms with Crippen molar-refractivity contribution in [2.24, 2.45) is 0 Å². The van der Waals surface area contributed by atoms with Crippen molar-refractivity contribution in [2.45, 2.75) is 39.5 Å². The van der Waals surface area contributed by atoms with Gasteiger partial charge in [0.2, 0.25) is 11.6 Å². The molecule has 5 rings (SSSR count). The van der Waals surface area contributed by atoms with E-state index >= 15 is 0 Å². The van der Waals surface area contributed by atoms with Crippen LogP contribution in [0, 0.1) is 0 Å². The minimum absolute atomic E-state index is 0.0244. The first kappa shape index (κ1) is 26.3. The summed E-state index contributed by atoms with van der Waals surface area (Å²) < 4.78 is 0. The van der Waals surface area contributed by atoms with Crippen LogP contribution >= 0.6 is 22.7 Å². The monoisotopic (exact) mass is 544 g/mol. The molecule has 2 aromatic carbocycles. The molecule has 1 fully saturated rings. The standard InChI is InChI=1S/C30H32N4O2S2/c1-5-26-31-24(18-37-26)27(35)20-6-10-22(11-7-20)33-14-16-34(17-15-33)23-12-8-21(9-13-23)28(36)25-19-38-29(32-25)30(2,3)4/h6-13,18-19H,5,14-17H2,1-4H3. The smallest absolute Gasteiger partial charge is 0.212 e. The third-order valence-electron chi connectivity index (χ3n) is 6.73. The topological polar surface area (TPSA) is 66.4 Å². The number of carbonyl (C=O) groups excluding carboxylic acids is 2. The summed E-state index contributed by atoms with van der Waals surface area (Å²) in [4.78, 5) is 39.4. The molecule has 0 bridgehead atoms. The van der Waals surface area contributed by atoms with Gasteiger partial charge in [0.25, 0.3) is 0 Å². The zero-order valence-corrected chi connectivity index (χ0v) is 23.9. The van der Waals surface area contributed by atoms with Crippen molar-refractivity contribution in [3.05, 3.63) is 91.8 Å². The number of hydrogen-bond acceptors (Lipinski definition) is 8. The summed E-state index contributed by atoms with van der Waals surface area (Å²) in [6.07, 6.45) is 0.843. The normalized spacial score (nSPS) is 14.1. The van der Waals surface area contributed by atoms with Gasteiger partial charge >= 0.3 is 0 Å². The Morgan fingerprint density at radius 1 is 0.737 bits per heavy atom. The lowest BCUT2D eigenvalue weighted by molar-refractivity contribution is 0.102. The molecule has 38 heavy (non-hydrogen) atoms. The predicted molar refractivity (Wildman–Crippen MR) is 156 cm³/mol. The molecule has 1 saturated heterocycles. The van der Waals surface area contributed by atoms with E-state index in [1.54, 1.807) is 11.3 Å². The van der Waals surface area contributed by atoms with Crippen LogP contribution in [-0.2, 0) is 11.8 Å². The third kappa shape index (κ3) is 5.56. The number of thiazole rings is 2. The van der Waals surface area contributed by atoms with Crippen LogP contribution in [0.25, 0.3) is 0 Å². The van der Waals surface area contributed by atoms with Crippen LogP contribution in [-0.4, -0.2) is 47.7 Å². The maximum absolute atomic E-state index is 12.9. The number of ketones is 2. The first-order valence-corrected chi connectivity index (χ1v) is 14.7. The van der Waals surface area contributed by atoms with Crippen LogP contribution in [0.2, 0.25) is 0 Å². The molecule has 196 valence electrons. The minimum atomic E-state index is -0.0605. The van der Waals surface area contributed by atoms with Crippen molar-refractivity contribution in [1.82, 2.24) is 9.97 Å². The Hall–Kier alpha value is -3.36. The van der Waals surface area contributed by atoms with Gasteiger partial charge in [-0.15, -0.1) is 22.7 Å². The van der Waals surface area contributed by atoms with Gasteiger partial charge in [0.05, 0.1) is 10.0 Å². The molecule has 0 N–H and O–H groups in total. The number of rotatable bonds is 7. The van der Waals surface area contributed by atoms with Gasteiger partial charge in [0, 0.05) is 64.9 Å². The Morgan fingerprint density at radius 2 is 1.18 bits per heavy atom. The maximum Gasteiger partial charge on any atom is 0.212 e. The SMILES string of the molecule is CCc1nc(C(=O)c2ccc(N3CCN(c4ccc(C(=O)c5csc(C(C)(C)C)n5)cc4)CC3)cc2)cs1. The average molecular weight is 545 g/mol. The van der Waals surface area contributed by atoms with Gasteiger partial charge in [0.1, 0.15) is 11.4 Å². The van der Waals surface area contributed by atoms with Gasteiger partial charge in [-0.2, -0.15) is 0 Å². The van der Waals surface area contributed by atoms with Crippen molar-refractivity contribution >= 4 is 45.6 Å². The number of hydrogen-bond donors (Lipinski definition) is 0. The quantitative estimate of drug-likeness (QED) is 0.256. The van der Waals surface area contributed by atoms with Gasteiger partial charge in [0.15, 0.2) is 0 Å². The molecule has 1 aliphatic heterocycles. The molecule has 0 atom stereocenters. The van der Waals surface area contributed by atoms with Crippen LogP contribution in [0.1, 0.15) is 69.8 Å². The largest absolute Gasteiger partial charge is 0.368 e. The van der Waals surface area contributed by atoms with Crippen molar-refractivity contribution in [3.8, 4) is 0 Å². The van der Waals surface area contributed by atoms with E-state index in [-0.39, 0.29) is 17.0 Å². The van der Waals surface area contributed by atoms with E-state index in [4.69, 9.17) is 0 Å². The van der Waals surface area contributed by atoms with Crippen molar-refractivity contribution in [1.29, 1.82) is 0 Å². The fourth-order valence-corrected chi connectivity index (χ4v) is 6.08. The molecule has 0 amide bonds. The molecule has 2 aromatic heterocycles. The highest BCUT2D eigenvalue weighted by Crippen LogP contribution is 2.27. The molecule has 0 unspecified atom stereocenters. The van der Waals surface area contributed by atoms with E-state index in [1.807, 2.05) is 66.2 Å². The van der Waals surface area contributed by atoms with Crippen molar-refractivity contribution < 1.29 is 9.59 Å². The Kier molecular flexibility index (Phi) is 7.45. The fourth-order valence-electron chi connectivity index (χ4n) is 4.47. The molecule has 0 aliphatic carbocycles. The van der Waals surface area contributed by atoms with Gasteiger partial charge < -0.3 is 9.80 Å². The van der Waals surface area contributed by atoms with Crippen LogP contribution < -0.4 is 9.80 Å². The summed E-state index contributed by atoms with van der Waals surface area (Å²) in [5.41, 5.74) is 4.56. The van der Waals surface area contributed by atoms with Crippen LogP contribution in [0.15, 0.2) is 59.3 Å². The molecule has 4 aromatic rings. The second-order valence-electron chi connectivity index (χ2n) is 10.5. The number of nitrogens with zero attached hydrogens (tertiary/aromatic N) is 4. The lowest BCUT2D eigenvalue weighted by Crippen LogP contribution is -2.46. The Balaban J connectivity index is 1.18. The number of carbonyl (C=O) groups is 2. The Morgan fingerprint density at radius 3 is 1.58 bits per heavy atom. The van der Waals surface area contributed by atoms with Gasteiger partial charge in [-0.1, -0.05) is 27.7 Å². The number of benzene rings is 2. The summed E-state index contributed by atoms with van der Waals surface area (Å²) in [6, 6.07) is 15.7. The van der Waals surface area contributed by atoms with Crippen LogP contribution in [0.4, 0.5) is 11.4 Å². The summed E-state index contributed by atoms with van der Waals surface area (Å²) in [6.45, 7) is 11.9. The summed E-state index contributed by atoms with van der Waals surface area (Å²) in [7, 11) is 0. The van der Waals surface area contributed by atoms with E-state index in [0.717, 1.165) is 54.0 Å². The van der Waals surface area contributed by atoms with Gasteiger partial charge in [-0.3, -0.25) is 9.59 Å². The highest BCUT2D eigenvalue weighted by Gasteiger charge is 2.22. The predicted octanol–water partition coefficient (Wildman–Crippen LogP) is 6.25. The highest BCUT2D eigenvalue weighted by atomic mass is 32.1. The summed E-state index contributed by atoms with van der Waals surface area (Å²) in [5, 5.41) is 5.66. The molecular formula is C30H32N4O2S2. The molecule has 0 saturated carbocycles. The first-order chi connectivity index (χ1) is 18.2. The zero-order valence-electron chi connectivity index (χ0n) is 22.2. The zero-order chi connectivity index (χ0) is 26.9. The molecule has 0 spiro atoms.